The van der Waals surface area contributed by atoms with E-state index >= 15 is 0 Å². The summed E-state index contributed by atoms with van der Waals surface area (Å²) in [5, 5.41) is 9.59. The number of halogens is 1. The Kier molecular flexibility index (Phi) is 3.03. The Bertz CT molecular complexity index is 447. The summed E-state index contributed by atoms with van der Waals surface area (Å²) in [5.41, 5.74) is 0.979. The molecule has 0 radical (unpaired) electrons. The molecule has 0 spiro atoms. The maximum atomic E-state index is 11.8. The molecule has 1 aromatic rings. The first-order valence-corrected chi connectivity index (χ1v) is 6.89. The first-order chi connectivity index (χ1) is 8.68. The zero-order valence-electron chi connectivity index (χ0n) is 9.70. The van der Waals surface area contributed by atoms with E-state index in [2.05, 4.69) is 15.9 Å². The highest BCUT2D eigenvalue weighted by molar-refractivity contribution is 9.09. The van der Waals surface area contributed by atoms with Crippen molar-refractivity contribution in [3.05, 3.63) is 35.9 Å². The van der Waals surface area contributed by atoms with E-state index < -0.39 is 0 Å². The van der Waals surface area contributed by atoms with E-state index in [1.165, 1.54) is 0 Å². The molecule has 1 aliphatic carbocycles. The summed E-state index contributed by atoms with van der Waals surface area (Å²) < 4.78 is 5.25. The highest BCUT2D eigenvalue weighted by Gasteiger charge is 2.60. The Morgan fingerprint density at radius 3 is 2.83 bits per heavy atom. The van der Waals surface area contributed by atoms with Crippen LogP contribution < -0.4 is 0 Å². The molecule has 2 fully saturated rings. The number of nitrogens with zero attached hydrogens (tertiary/aromatic N) is 1. The van der Waals surface area contributed by atoms with Gasteiger partial charge in [0.15, 0.2) is 0 Å². The van der Waals surface area contributed by atoms with Crippen LogP contribution in [0.1, 0.15) is 5.56 Å². The van der Waals surface area contributed by atoms with Crippen LogP contribution in [0, 0.1) is 5.92 Å². The smallest absolute Gasteiger partial charge is 0.410 e. The molecule has 5 heteroatoms. The number of hydrogen-bond acceptors (Lipinski definition) is 3. The molecule has 0 bridgehead atoms. The van der Waals surface area contributed by atoms with E-state index in [4.69, 9.17) is 4.74 Å². The molecular weight excluding hydrogens is 298 g/mol. The van der Waals surface area contributed by atoms with E-state index in [1.54, 1.807) is 4.90 Å². The third-order valence-corrected chi connectivity index (χ3v) is 4.82. The minimum absolute atomic E-state index is 0.0134. The Morgan fingerprint density at radius 1 is 1.44 bits per heavy atom. The van der Waals surface area contributed by atoms with Crippen molar-refractivity contribution in [1.82, 2.24) is 4.90 Å². The fraction of sp³-hybridized carbons (Fsp3) is 0.462. The normalized spacial score (nSPS) is 33.1. The second-order valence-electron chi connectivity index (χ2n) is 4.78. The number of ether oxygens (including phenoxy) is 1. The van der Waals surface area contributed by atoms with E-state index in [9.17, 15) is 9.90 Å². The van der Waals surface area contributed by atoms with Gasteiger partial charge in [0.1, 0.15) is 6.61 Å². The molecule has 0 aromatic heterocycles. The van der Waals surface area contributed by atoms with Gasteiger partial charge in [-0.15, -0.1) is 0 Å². The van der Waals surface area contributed by atoms with Crippen molar-refractivity contribution in [3.8, 4) is 0 Å². The van der Waals surface area contributed by atoms with Gasteiger partial charge in [0, 0.05) is 12.5 Å². The fourth-order valence-corrected chi connectivity index (χ4v) is 3.63. The van der Waals surface area contributed by atoms with Crippen molar-refractivity contribution in [2.45, 2.75) is 23.6 Å². The van der Waals surface area contributed by atoms with Gasteiger partial charge >= 0.3 is 6.09 Å². The summed E-state index contributed by atoms with van der Waals surface area (Å²) in [6, 6.07) is 9.71. The van der Waals surface area contributed by atoms with Crippen LogP contribution in [-0.4, -0.2) is 39.6 Å². The fourth-order valence-electron chi connectivity index (χ4n) is 2.56. The summed E-state index contributed by atoms with van der Waals surface area (Å²) in [6.45, 7) is 0.893. The lowest BCUT2D eigenvalue weighted by molar-refractivity contribution is -0.128. The second-order valence-corrected chi connectivity index (χ2v) is 5.84. The van der Waals surface area contributed by atoms with Crippen LogP contribution >= 0.6 is 15.9 Å². The predicted octanol–water partition coefficient (Wildman–Crippen LogP) is 1.76. The minimum Gasteiger partial charge on any atom is -0.445 e. The number of hydrogen-bond donors (Lipinski definition) is 1. The maximum Gasteiger partial charge on any atom is 0.410 e. The molecular formula is C13H14BrNO3. The Balaban J connectivity index is 1.52. The van der Waals surface area contributed by atoms with Gasteiger partial charge in [-0.2, -0.15) is 0 Å². The van der Waals surface area contributed by atoms with Gasteiger partial charge in [0.25, 0.3) is 0 Å². The van der Waals surface area contributed by atoms with Crippen molar-refractivity contribution >= 4 is 22.0 Å². The van der Waals surface area contributed by atoms with E-state index in [1.807, 2.05) is 30.3 Å². The average Bonchev–Trinajstić information content (AvgIpc) is 2.36. The van der Waals surface area contributed by atoms with Gasteiger partial charge in [-0.1, -0.05) is 46.3 Å². The average molecular weight is 312 g/mol. The number of likely N-dealkylation sites (tertiary alicyclic amines) is 1. The largest absolute Gasteiger partial charge is 0.445 e. The molecule has 18 heavy (non-hydrogen) atoms. The molecule has 1 aliphatic heterocycles. The number of carbonyl (C=O) groups is 1. The Labute approximate surface area is 114 Å². The lowest BCUT2D eigenvalue weighted by Gasteiger charge is -2.60. The number of aliphatic hydroxyl groups is 1. The van der Waals surface area contributed by atoms with Gasteiger partial charge in [-0.3, -0.25) is 0 Å². The van der Waals surface area contributed by atoms with Gasteiger partial charge in [0.05, 0.1) is 17.0 Å². The molecule has 1 heterocycles. The van der Waals surface area contributed by atoms with Crippen LogP contribution in [0.25, 0.3) is 0 Å². The van der Waals surface area contributed by atoms with Crippen LogP contribution in [0.2, 0.25) is 0 Å². The van der Waals surface area contributed by atoms with Gasteiger partial charge in [-0.05, 0) is 5.56 Å². The third-order valence-electron chi connectivity index (χ3n) is 3.74. The molecule has 4 nitrogen and oxygen atoms in total. The summed E-state index contributed by atoms with van der Waals surface area (Å²) in [4.78, 5) is 13.5. The highest BCUT2D eigenvalue weighted by Crippen LogP contribution is 2.46. The molecule has 3 rings (SSSR count). The molecule has 1 N–H and O–H groups in total. The molecule has 2 aliphatic rings. The Hall–Kier alpha value is -1.07. The lowest BCUT2D eigenvalue weighted by Crippen LogP contribution is -2.76. The van der Waals surface area contributed by atoms with Gasteiger partial charge in [0.2, 0.25) is 0 Å². The van der Waals surface area contributed by atoms with Crippen molar-refractivity contribution < 1.29 is 14.6 Å². The Morgan fingerprint density at radius 2 is 2.17 bits per heavy atom. The molecule has 1 amide bonds. The topological polar surface area (TPSA) is 49.8 Å². The first kappa shape index (κ1) is 12.0. The molecule has 1 aromatic carbocycles. The minimum atomic E-state index is -0.326. The molecule has 96 valence electrons. The number of rotatable bonds is 2. The van der Waals surface area contributed by atoms with Crippen LogP contribution in [0.15, 0.2) is 30.3 Å². The van der Waals surface area contributed by atoms with E-state index in [0.717, 1.165) is 5.56 Å². The number of aliphatic hydroxyl groups excluding tert-OH is 1. The summed E-state index contributed by atoms with van der Waals surface area (Å²) in [7, 11) is 0. The number of piperidine rings is 1. The zero-order valence-corrected chi connectivity index (χ0v) is 11.3. The van der Waals surface area contributed by atoms with Crippen LogP contribution in [0.5, 0.6) is 0 Å². The number of alkyl halides is 1. The highest BCUT2D eigenvalue weighted by atomic mass is 79.9. The monoisotopic (exact) mass is 311 g/mol. The standard InChI is InChI=1S/C13H14BrNO3/c14-10-11-9(12(10)16)6-15(11)13(17)18-7-8-4-2-1-3-5-8/h1-5,9-12,16H,6-7H2/t9-,10?,11+,12-/m0/s1. The van der Waals surface area contributed by atoms with Crippen molar-refractivity contribution in [2.24, 2.45) is 5.92 Å². The maximum absolute atomic E-state index is 11.8. The predicted molar refractivity (Wildman–Crippen MR) is 69.3 cm³/mol. The summed E-state index contributed by atoms with van der Waals surface area (Å²) in [5.74, 6) is 0.221. The van der Waals surface area contributed by atoms with Crippen molar-refractivity contribution in [3.63, 3.8) is 0 Å². The van der Waals surface area contributed by atoms with Gasteiger partial charge in [-0.25, -0.2) is 4.79 Å². The van der Waals surface area contributed by atoms with Crippen LogP contribution in [0.4, 0.5) is 4.79 Å². The van der Waals surface area contributed by atoms with Crippen molar-refractivity contribution in [1.29, 1.82) is 0 Å². The molecule has 1 saturated carbocycles. The first-order valence-electron chi connectivity index (χ1n) is 5.98. The molecule has 1 unspecified atom stereocenters. The number of benzene rings is 1. The van der Waals surface area contributed by atoms with Crippen LogP contribution in [0.3, 0.4) is 0 Å². The molecule has 4 atom stereocenters. The zero-order chi connectivity index (χ0) is 12.7. The van der Waals surface area contributed by atoms with E-state index in [-0.39, 0.29) is 29.0 Å². The van der Waals surface area contributed by atoms with E-state index in [0.29, 0.717) is 13.2 Å². The number of fused-ring (bicyclic) bond motifs is 1. The lowest BCUT2D eigenvalue weighted by atomic mass is 9.69. The summed E-state index contributed by atoms with van der Waals surface area (Å²) >= 11 is 3.39. The summed E-state index contributed by atoms with van der Waals surface area (Å²) in [6.07, 6.45) is -0.621. The number of carbonyl (C=O) groups excluding carboxylic acids is 1. The number of amides is 1. The SMILES string of the molecule is O=C(OCc1ccccc1)N1C[C@@H]2[C@H](O)C(Br)[C@@H]21. The van der Waals surface area contributed by atoms with Gasteiger partial charge < -0.3 is 14.7 Å². The quantitative estimate of drug-likeness (QED) is 0.847. The molecule has 1 saturated heterocycles. The van der Waals surface area contributed by atoms with Crippen LogP contribution in [-0.2, 0) is 11.3 Å². The third kappa shape index (κ3) is 1.82. The van der Waals surface area contributed by atoms with Crippen molar-refractivity contribution in [2.75, 3.05) is 6.54 Å². The second kappa shape index (κ2) is 4.55.